The van der Waals surface area contributed by atoms with E-state index in [1.807, 2.05) is 12.1 Å². The van der Waals surface area contributed by atoms with Crippen LogP contribution in [0.15, 0.2) is 34.2 Å². The molecule has 0 aromatic heterocycles. The molecule has 3 nitrogen and oxygen atoms in total. The summed E-state index contributed by atoms with van der Waals surface area (Å²) < 4.78 is 12.8. The van der Waals surface area contributed by atoms with Gasteiger partial charge in [0.1, 0.15) is 5.82 Å². The Bertz CT molecular complexity index is 406. The second-order valence-corrected chi connectivity index (χ2v) is 5.72. The molecule has 0 aliphatic heterocycles. The molecule has 0 heterocycles. The summed E-state index contributed by atoms with van der Waals surface area (Å²) in [5.74, 6) is 1.66. The molecule has 5 heteroatoms. The number of nitrogens with zero attached hydrogens (tertiary/aromatic N) is 2. The monoisotopic (exact) mass is 297 g/mol. The van der Waals surface area contributed by atoms with E-state index in [2.05, 4.69) is 29.2 Å². The fourth-order valence-corrected chi connectivity index (χ4v) is 2.52. The van der Waals surface area contributed by atoms with Gasteiger partial charge in [-0.15, -0.1) is 11.8 Å². The van der Waals surface area contributed by atoms with Gasteiger partial charge in [0, 0.05) is 37.8 Å². The Balaban J connectivity index is 2.26. The van der Waals surface area contributed by atoms with Crippen molar-refractivity contribution in [1.82, 2.24) is 10.2 Å². The Hall–Kier alpha value is -1.23. The van der Waals surface area contributed by atoms with Gasteiger partial charge in [0.2, 0.25) is 0 Å². The second kappa shape index (κ2) is 9.64. The zero-order valence-corrected chi connectivity index (χ0v) is 13.3. The zero-order valence-electron chi connectivity index (χ0n) is 12.5. The number of nitrogens with one attached hydrogen (secondary N) is 1. The van der Waals surface area contributed by atoms with Crippen LogP contribution < -0.4 is 5.32 Å². The van der Waals surface area contributed by atoms with Gasteiger partial charge in [-0.2, -0.15) is 0 Å². The highest BCUT2D eigenvalue weighted by atomic mass is 32.2. The van der Waals surface area contributed by atoms with Gasteiger partial charge in [-0.3, -0.25) is 4.99 Å². The van der Waals surface area contributed by atoms with Crippen LogP contribution in [0.5, 0.6) is 0 Å². The van der Waals surface area contributed by atoms with Crippen LogP contribution in [-0.4, -0.2) is 43.8 Å². The number of halogens is 1. The van der Waals surface area contributed by atoms with Crippen molar-refractivity contribution in [3.63, 3.8) is 0 Å². The molecule has 1 aromatic rings. The summed E-state index contributed by atoms with van der Waals surface area (Å²) >= 11 is 1.71. The molecule has 1 rings (SSSR count). The summed E-state index contributed by atoms with van der Waals surface area (Å²) in [6, 6.07) is 6.60. The number of rotatable bonds is 7. The van der Waals surface area contributed by atoms with E-state index in [4.69, 9.17) is 0 Å². The van der Waals surface area contributed by atoms with Gasteiger partial charge in [0.05, 0.1) is 0 Å². The van der Waals surface area contributed by atoms with E-state index in [0.717, 1.165) is 29.7 Å². The molecule has 0 fully saturated rings. The third-order valence-corrected chi connectivity index (χ3v) is 3.90. The van der Waals surface area contributed by atoms with Gasteiger partial charge in [0.25, 0.3) is 0 Å². The summed E-state index contributed by atoms with van der Waals surface area (Å²) in [7, 11) is 3.86. The van der Waals surface area contributed by atoms with E-state index in [9.17, 15) is 4.39 Å². The van der Waals surface area contributed by atoms with Gasteiger partial charge in [0.15, 0.2) is 5.96 Å². The van der Waals surface area contributed by atoms with E-state index < -0.39 is 0 Å². The molecule has 1 aromatic carbocycles. The molecule has 0 aliphatic carbocycles. The average Bonchev–Trinajstić information content (AvgIpc) is 2.46. The largest absolute Gasteiger partial charge is 0.355 e. The van der Waals surface area contributed by atoms with E-state index in [-0.39, 0.29) is 5.82 Å². The molecular weight excluding hydrogens is 273 g/mol. The number of aliphatic imine (C=N–C) groups is 1. The van der Waals surface area contributed by atoms with Gasteiger partial charge in [-0.05, 0) is 30.7 Å². The Morgan fingerprint density at radius 3 is 2.65 bits per heavy atom. The molecule has 0 amide bonds. The summed E-state index contributed by atoms with van der Waals surface area (Å²) in [5, 5.41) is 3.34. The van der Waals surface area contributed by atoms with Crippen molar-refractivity contribution >= 4 is 17.7 Å². The molecular formula is C15H24FN3S. The first-order chi connectivity index (χ1) is 9.67. The van der Waals surface area contributed by atoms with Gasteiger partial charge in [-0.25, -0.2) is 4.39 Å². The predicted molar refractivity (Wildman–Crippen MR) is 86.0 cm³/mol. The van der Waals surface area contributed by atoms with Crippen LogP contribution in [-0.2, 0) is 0 Å². The smallest absolute Gasteiger partial charge is 0.193 e. The lowest BCUT2D eigenvalue weighted by Crippen LogP contribution is -2.40. The molecule has 0 atom stereocenters. The molecule has 0 saturated carbocycles. The number of guanidine groups is 1. The number of benzene rings is 1. The van der Waals surface area contributed by atoms with Crippen molar-refractivity contribution in [1.29, 1.82) is 0 Å². The standard InChI is InChI=1S/C15H24FN3S/c1-4-5-11-19(3)15(17-2)18-10-12-20-14-8-6-13(16)7-9-14/h6-9H,4-5,10-12H2,1-3H3,(H,17,18). The minimum atomic E-state index is -0.189. The van der Waals surface area contributed by atoms with Crippen molar-refractivity contribution < 1.29 is 4.39 Å². The Morgan fingerprint density at radius 2 is 2.05 bits per heavy atom. The molecule has 1 N–H and O–H groups in total. The number of hydrogen-bond acceptors (Lipinski definition) is 2. The van der Waals surface area contributed by atoms with Crippen LogP contribution in [0.2, 0.25) is 0 Å². The van der Waals surface area contributed by atoms with Crippen LogP contribution in [0.3, 0.4) is 0 Å². The van der Waals surface area contributed by atoms with E-state index in [0.29, 0.717) is 0 Å². The minimum absolute atomic E-state index is 0.189. The van der Waals surface area contributed by atoms with E-state index >= 15 is 0 Å². The van der Waals surface area contributed by atoms with Gasteiger partial charge >= 0.3 is 0 Å². The van der Waals surface area contributed by atoms with Crippen LogP contribution in [0.1, 0.15) is 19.8 Å². The molecule has 20 heavy (non-hydrogen) atoms. The summed E-state index contributed by atoms with van der Waals surface area (Å²) in [5.41, 5.74) is 0. The SMILES string of the molecule is CCCCN(C)C(=NC)NCCSc1ccc(F)cc1. The maximum Gasteiger partial charge on any atom is 0.193 e. The minimum Gasteiger partial charge on any atom is -0.355 e. The van der Waals surface area contributed by atoms with Crippen LogP contribution in [0, 0.1) is 5.82 Å². The van der Waals surface area contributed by atoms with Crippen molar-refractivity contribution in [2.24, 2.45) is 4.99 Å². The van der Waals surface area contributed by atoms with E-state index in [1.165, 1.54) is 25.0 Å². The summed E-state index contributed by atoms with van der Waals surface area (Å²) in [6.45, 7) is 4.04. The second-order valence-electron chi connectivity index (χ2n) is 4.55. The fourth-order valence-electron chi connectivity index (χ4n) is 1.75. The Kier molecular flexibility index (Phi) is 8.11. The summed E-state index contributed by atoms with van der Waals surface area (Å²) in [4.78, 5) is 7.50. The van der Waals surface area contributed by atoms with E-state index in [1.54, 1.807) is 18.8 Å². The quantitative estimate of drug-likeness (QED) is 0.362. The lowest BCUT2D eigenvalue weighted by Gasteiger charge is -2.21. The molecule has 0 radical (unpaired) electrons. The fraction of sp³-hybridized carbons (Fsp3) is 0.533. The number of thioether (sulfide) groups is 1. The van der Waals surface area contributed by atoms with Crippen molar-refractivity contribution in [2.75, 3.05) is 32.9 Å². The van der Waals surface area contributed by atoms with Crippen molar-refractivity contribution in [3.8, 4) is 0 Å². The predicted octanol–water partition coefficient (Wildman–Crippen LogP) is 3.23. The van der Waals surface area contributed by atoms with Gasteiger partial charge in [-0.1, -0.05) is 13.3 Å². The van der Waals surface area contributed by atoms with Crippen molar-refractivity contribution in [2.45, 2.75) is 24.7 Å². The highest BCUT2D eigenvalue weighted by Crippen LogP contribution is 2.17. The molecule has 0 saturated heterocycles. The molecule has 112 valence electrons. The maximum absolute atomic E-state index is 12.8. The molecule has 0 unspecified atom stereocenters. The maximum atomic E-state index is 12.8. The first kappa shape index (κ1) is 16.8. The lowest BCUT2D eigenvalue weighted by molar-refractivity contribution is 0.467. The number of hydrogen-bond donors (Lipinski definition) is 1. The van der Waals surface area contributed by atoms with Crippen LogP contribution in [0.25, 0.3) is 0 Å². The van der Waals surface area contributed by atoms with Crippen LogP contribution >= 0.6 is 11.8 Å². The highest BCUT2D eigenvalue weighted by Gasteiger charge is 2.04. The normalized spacial score (nSPS) is 11.5. The lowest BCUT2D eigenvalue weighted by atomic mass is 10.3. The highest BCUT2D eigenvalue weighted by molar-refractivity contribution is 7.99. The van der Waals surface area contributed by atoms with Crippen molar-refractivity contribution in [3.05, 3.63) is 30.1 Å². The third-order valence-electron chi connectivity index (χ3n) is 2.89. The third kappa shape index (κ3) is 6.28. The first-order valence-corrected chi connectivity index (χ1v) is 7.96. The molecule has 0 aliphatic rings. The van der Waals surface area contributed by atoms with Crippen LogP contribution in [0.4, 0.5) is 4.39 Å². The van der Waals surface area contributed by atoms with Gasteiger partial charge < -0.3 is 10.2 Å². The topological polar surface area (TPSA) is 27.6 Å². The summed E-state index contributed by atoms with van der Waals surface area (Å²) in [6.07, 6.45) is 2.35. The molecule has 0 bridgehead atoms. The zero-order chi connectivity index (χ0) is 14.8. The molecule has 0 spiro atoms. The number of unbranched alkanes of at least 4 members (excludes halogenated alkanes) is 1. The first-order valence-electron chi connectivity index (χ1n) is 6.97. The average molecular weight is 297 g/mol. The Morgan fingerprint density at radius 1 is 1.35 bits per heavy atom. The Labute approximate surface area is 125 Å².